The van der Waals surface area contributed by atoms with Gasteiger partial charge >= 0.3 is 0 Å². The van der Waals surface area contributed by atoms with Gasteiger partial charge in [-0.3, -0.25) is 4.98 Å². The fraction of sp³-hybridized carbons (Fsp3) is 0.0833. The first kappa shape index (κ1) is 13.9. The van der Waals surface area contributed by atoms with Crippen molar-refractivity contribution < 1.29 is 9.50 Å². The third-order valence-corrected chi connectivity index (χ3v) is 3.76. The molecular formula is C12H7Br2ClFNO. The van der Waals surface area contributed by atoms with E-state index in [1.807, 2.05) is 0 Å². The molecule has 6 heteroatoms. The number of halogens is 4. The van der Waals surface area contributed by atoms with Gasteiger partial charge in [-0.05, 0) is 56.1 Å². The van der Waals surface area contributed by atoms with Crippen LogP contribution < -0.4 is 0 Å². The number of aliphatic hydroxyl groups is 1. The first-order chi connectivity index (χ1) is 8.49. The molecule has 1 heterocycles. The molecule has 0 radical (unpaired) electrons. The second kappa shape index (κ2) is 5.65. The highest BCUT2D eigenvalue weighted by molar-refractivity contribution is 9.11. The van der Waals surface area contributed by atoms with Gasteiger partial charge in [-0.1, -0.05) is 11.6 Å². The van der Waals surface area contributed by atoms with Gasteiger partial charge in [-0.2, -0.15) is 0 Å². The maximum Gasteiger partial charge on any atom is 0.124 e. The van der Waals surface area contributed by atoms with Crippen LogP contribution >= 0.6 is 43.5 Å². The van der Waals surface area contributed by atoms with E-state index in [2.05, 4.69) is 36.8 Å². The Morgan fingerprint density at radius 2 is 2.00 bits per heavy atom. The van der Waals surface area contributed by atoms with Crippen LogP contribution in [0.25, 0.3) is 0 Å². The molecule has 1 aromatic carbocycles. The average Bonchev–Trinajstić information content (AvgIpc) is 2.31. The Bertz CT molecular complexity index is 594. The van der Waals surface area contributed by atoms with Gasteiger partial charge < -0.3 is 5.11 Å². The van der Waals surface area contributed by atoms with Crippen molar-refractivity contribution in [3.05, 3.63) is 61.5 Å². The van der Waals surface area contributed by atoms with Crippen molar-refractivity contribution in [3.63, 3.8) is 0 Å². The van der Waals surface area contributed by atoms with Crippen molar-refractivity contribution in [2.24, 2.45) is 0 Å². The fourth-order valence-corrected chi connectivity index (χ4v) is 2.92. The van der Waals surface area contributed by atoms with E-state index >= 15 is 0 Å². The highest BCUT2D eigenvalue weighted by Gasteiger charge is 2.19. The van der Waals surface area contributed by atoms with Crippen LogP contribution in [-0.2, 0) is 0 Å². The van der Waals surface area contributed by atoms with Gasteiger partial charge in [0.15, 0.2) is 0 Å². The molecule has 18 heavy (non-hydrogen) atoms. The predicted molar refractivity (Wildman–Crippen MR) is 75.1 cm³/mol. The minimum atomic E-state index is -1.09. The summed E-state index contributed by atoms with van der Waals surface area (Å²) in [5, 5.41) is 10.5. The van der Waals surface area contributed by atoms with Gasteiger partial charge in [-0.15, -0.1) is 0 Å². The van der Waals surface area contributed by atoms with Crippen molar-refractivity contribution in [2.75, 3.05) is 0 Å². The molecule has 1 aromatic heterocycles. The van der Waals surface area contributed by atoms with Crippen molar-refractivity contribution in [2.45, 2.75) is 6.10 Å². The van der Waals surface area contributed by atoms with Gasteiger partial charge in [0.1, 0.15) is 11.9 Å². The maximum atomic E-state index is 13.2. The highest BCUT2D eigenvalue weighted by Crippen LogP contribution is 2.32. The molecule has 1 atom stereocenters. The number of benzene rings is 1. The molecule has 0 spiro atoms. The van der Waals surface area contributed by atoms with E-state index in [0.717, 1.165) is 4.47 Å². The van der Waals surface area contributed by atoms with E-state index in [9.17, 15) is 9.50 Å². The lowest BCUT2D eigenvalue weighted by molar-refractivity contribution is 0.214. The van der Waals surface area contributed by atoms with E-state index in [-0.39, 0.29) is 5.56 Å². The molecule has 0 aliphatic rings. The summed E-state index contributed by atoms with van der Waals surface area (Å²) in [6.07, 6.45) is 0.465. The van der Waals surface area contributed by atoms with Crippen LogP contribution in [0.2, 0.25) is 5.02 Å². The van der Waals surface area contributed by atoms with Crippen LogP contribution in [-0.4, -0.2) is 10.1 Å². The number of aromatic nitrogens is 1. The lowest BCUT2D eigenvalue weighted by Crippen LogP contribution is -2.04. The summed E-state index contributed by atoms with van der Waals surface area (Å²) in [5.41, 5.74) is 0.665. The molecule has 0 fully saturated rings. The third kappa shape index (κ3) is 2.91. The van der Waals surface area contributed by atoms with E-state index in [4.69, 9.17) is 11.6 Å². The zero-order chi connectivity index (χ0) is 13.3. The number of rotatable bonds is 2. The smallest absolute Gasteiger partial charge is 0.124 e. The van der Waals surface area contributed by atoms with Crippen molar-refractivity contribution in [1.29, 1.82) is 0 Å². The Balaban J connectivity index is 2.47. The topological polar surface area (TPSA) is 33.1 Å². The Morgan fingerprint density at radius 1 is 1.28 bits per heavy atom. The van der Waals surface area contributed by atoms with Crippen LogP contribution in [0.4, 0.5) is 4.39 Å². The van der Waals surface area contributed by atoms with Crippen LogP contribution in [0.15, 0.2) is 39.4 Å². The normalized spacial score (nSPS) is 12.5. The molecule has 2 aromatic rings. The van der Waals surface area contributed by atoms with Crippen LogP contribution in [0.1, 0.15) is 17.4 Å². The Labute approximate surface area is 125 Å². The minimum Gasteiger partial charge on any atom is -0.382 e. The largest absolute Gasteiger partial charge is 0.382 e. The fourth-order valence-electron chi connectivity index (χ4n) is 1.50. The maximum absolute atomic E-state index is 13.2. The summed E-state index contributed by atoms with van der Waals surface area (Å²) in [6.45, 7) is 0. The molecule has 0 amide bonds. The van der Waals surface area contributed by atoms with E-state index < -0.39 is 11.9 Å². The number of aliphatic hydroxyl groups excluding tert-OH is 1. The molecule has 1 unspecified atom stereocenters. The Morgan fingerprint density at radius 3 is 2.67 bits per heavy atom. The number of pyridine rings is 1. The summed E-state index contributed by atoms with van der Waals surface area (Å²) >= 11 is 12.5. The van der Waals surface area contributed by atoms with Gasteiger partial charge in [0.05, 0.1) is 5.69 Å². The van der Waals surface area contributed by atoms with Crippen LogP contribution in [0, 0.1) is 5.82 Å². The number of nitrogens with zero attached hydrogens (tertiary/aromatic N) is 1. The summed E-state index contributed by atoms with van der Waals surface area (Å²) in [6, 6.07) is 5.59. The lowest BCUT2D eigenvalue weighted by atomic mass is 10.1. The standard InChI is InChI=1S/C12H7Br2ClFNO/c13-6-3-9(14)11(17-5-6)12(18)8-4-7(16)1-2-10(8)15/h1-5,12,18H. The number of hydrogen-bond donors (Lipinski definition) is 1. The summed E-state index contributed by atoms with van der Waals surface area (Å²) in [7, 11) is 0. The summed E-state index contributed by atoms with van der Waals surface area (Å²) in [4.78, 5) is 4.10. The highest BCUT2D eigenvalue weighted by atomic mass is 79.9. The first-order valence-corrected chi connectivity index (χ1v) is 6.89. The third-order valence-electron chi connectivity index (χ3n) is 2.35. The first-order valence-electron chi connectivity index (χ1n) is 4.93. The van der Waals surface area contributed by atoms with Gasteiger partial charge in [-0.25, -0.2) is 4.39 Å². The SMILES string of the molecule is OC(c1cc(F)ccc1Cl)c1ncc(Br)cc1Br. The predicted octanol–water partition coefficient (Wildman–Crippen LogP) is 4.48. The summed E-state index contributed by atoms with van der Waals surface area (Å²) < 4.78 is 14.6. The van der Waals surface area contributed by atoms with Crippen molar-refractivity contribution in [1.82, 2.24) is 4.98 Å². The molecular weight excluding hydrogens is 388 g/mol. The molecule has 2 nitrogen and oxygen atoms in total. The number of hydrogen-bond acceptors (Lipinski definition) is 2. The molecule has 0 aliphatic carbocycles. The molecule has 0 saturated heterocycles. The van der Waals surface area contributed by atoms with E-state index in [1.54, 1.807) is 12.3 Å². The second-order valence-corrected chi connectivity index (χ2v) is 5.77. The monoisotopic (exact) mass is 393 g/mol. The molecule has 1 N–H and O–H groups in total. The lowest BCUT2D eigenvalue weighted by Gasteiger charge is -2.14. The van der Waals surface area contributed by atoms with Gasteiger partial charge in [0, 0.05) is 25.7 Å². The zero-order valence-electron chi connectivity index (χ0n) is 8.87. The average molecular weight is 395 g/mol. The summed E-state index contributed by atoms with van der Waals surface area (Å²) in [5.74, 6) is -0.457. The zero-order valence-corrected chi connectivity index (χ0v) is 12.8. The van der Waals surface area contributed by atoms with Crippen molar-refractivity contribution >= 4 is 43.5 Å². The van der Waals surface area contributed by atoms with E-state index in [1.165, 1.54) is 18.2 Å². The van der Waals surface area contributed by atoms with E-state index in [0.29, 0.717) is 15.2 Å². The quantitative estimate of drug-likeness (QED) is 0.813. The molecule has 0 aliphatic heterocycles. The minimum absolute atomic E-state index is 0.284. The van der Waals surface area contributed by atoms with Gasteiger partial charge in [0.2, 0.25) is 0 Å². The molecule has 94 valence electrons. The Kier molecular flexibility index (Phi) is 4.37. The second-order valence-electron chi connectivity index (χ2n) is 3.59. The molecule has 0 bridgehead atoms. The Hall–Kier alpha value is -0.490. The molecule has 2 rings (SSSR count). The van der Waals surface area contributed by atoms with Crippen molar-refractivity contribution in [3.8, 4) is 0 Å². The van der Waals surface area contributed by atoms with Crippen LogP contribution in [0.5, 0.6) is 0 Å². The van der Waals surface area contributed by atoms with Gasteiger partial charge in [0.25, 0.3) is 0 Å². The molecule has 0 saturated carbocycles. The van der Waals surface area contributed by atoms with Crippen LogP contribution in [0.3, 0.4) is 0 Å².